The molecule has 9 heteroatoms. The summed E-state index contributed by atoms with van der Waals surface area (Å²) in [6, 6.07) is 1.59. The molecule has 2 fully saturated rings. The quantitative estimate of drug-likeness (QED) is 0.413. The van der Waals surface area contributed by atoms with Crippen molar-refractivity contribution in [1.82, 2.24) is 19.7 Å². The van der Waals surface area contributed by atoms with Gasteiger partial charge in [0, 0.05) is 45.3 Å². The van der Waals surface area contributed by atoms with E-state index >= 15 is 0 Å². The number of nitrogens with zero attached hydrogens (tertiary/aromatic N) is 4. The van der Waals surface area contributed by atoms with E-state index in [4.69, 9.17) is 9.52 Å². The number of piperazine rings is 1. The topological polar surface area (TPSA) is 91.0 Å². The Bertz CT molecular complexity index is 677. The van der Waals surface area contributed by atoms with Gasteiger partial charge in [-0.15, -0.1) is 0 Å². The van der Waals surface area contributed by atoms with E-state index in [0.29, 0.717) is 31.9 Å². The number of rotatable bonds is 8. The fraction of sp³-hybridized carbons (Fsp3) is 0.765. The molecule has 1 N–H and O–H groups in total. The number of aliphatic imine (C=N–C) groups is 1. The summed E-state index contributed by atoms with van der Waals surface area (Å²) >= 11 is 0. The number of sulfonamides is 1. The predicted octanol–water partition coefficient (Wildman–Crippen LogP) is 1.28. The highest BCUT2D eigenvalue weighted by molar-refractivity contribution is 7.88. The molecule has 1 aromatic heterocycles. The lowest BCUT2D eigenvalue weighted by atomic mass is 10.2. The molecular formula is C17H29N5O3S. The van der Waals surface area contributed by atoms with Gasteiger partial charge in [0.1, 0.15) is 12.0 Å². The third kappa shape index (κ3) is 5.44. The highest BCUT2D eigenvalue weighted by Crippen LogP contribution is 2.33. The van der Waals surface area contributed by atoms with Crippen LogP contribution in [0.25, 0.3) is 0 Å². The summed E-state index contributed by atoms with van der Waals surface area (Å²) in [7, 11) is -3.37. The van der Waals surface area contributed by atoms with E-state index < -0.39 is 10.0 Å². The first-order chi connectivity index (χ1) is 12.6. The van der Waals surface area contributed by atoms with E-state index in [1.165, 1.54) is 29.8 Å². The standard InChI is InChI=1S/C17H29N5O3S/c1-2-18-17(19-8-3-4-15-5-6-15)21-9-11-22(12-10-21)26(23,24)14-16-7-13-25-20-16/h7,13,15H,2-6,8-12,14H2,1H3,(H,18,19). The summed E-state index contributed by atoms with van der Waals surface area (Å²) in [6.45, 7) is 5.92. The van der Waals surface area contributed by atoms with Crippen LogP contribution in [-0.2, 0) is 15.8 Å². The Balaban J connectivity index is 1.50. The summed E-state index contributed by atoms with van der Waals surface area (Å²) in [5.74, 6) is 1.72. The minimum Gasteiger partial charge on any atom is -0.364 e. The molecule has 1 aromatic rings. The van der Waals surface area contributed by atoms with E-state index in [1.807, 2.05) is 0 Å². The third-order valence-electron chi connectivity index (χ3n) is 4.82. The highest BCUT2D eigenvalue weighted by atomic mass is 32.2. The average Bonchev–Trinajstić information content (AvgIpc) is 3.32. The van der Waals surface area contributed by atoms with E-state index in [9.17, 15) is 8.42 Å². The molecule has 0 atom stereocenters. The Labute approximate surface area is 155 Å². The number of aromatic nitrogens is 1. The molecule has 2 heterocycles. The van der Waals surface area contributed by atoms with Crippen LogP contribution >= 0.6 is 0 Å². The first kappa shape index (κ1) is 19.2. The smallest absolute Gasteiger partial charge is 0.220 e. The van der Waals surface area contributed by atoms with Gasteiger partial charge in [-0.3, -0.25) is 4.99 Å². The second-order valence-corrected chi connectivity index (χ2v) is 8.92. The molecule has 0 bridgehead atoms. The van der Waals surface area contributed by atoms with Gasteiger partial charge in [-0.2, -0.15) is 4.31 Å². The van der Waals surface area contributed by atoms with E-state index in [2.05, 4.69) is 22.3 Å². The van der Waals surface area contributed by atoms with Crippen LogP contribution in [0.15, 0.2) is 21.8 Å². The molecule has 1 aliphatic heterocycles. The lowest BCUT2D eigenvalue weighted by Crippen LogP contribution is -2.53. The van der Waals surface area contributed by atoms with E-state index in [0.717, 1.165) is 31.4 Å². The minimum atomic E-state index is -3.37. The normalized spacial score (nSPS) is 19.7. The van der Waals surface area contributed by atoms with Gasteiger partial charge in [0.15, 0.2) is 5.96 Å². The molecule has 8 nitrogen and oxygen atoms in total. The average molecular weight is 384 g/mol. The molecule has 2 aliphatic rings. The number of hydrogen-bond donors (Lipinski definition) is 1. The van der Waals surface area contributed by atoms with E-state index in [1.54, 1.807) is 6.07 Å². The SMILES string of the molecule is CCNC(=NCCCC1CC1)N1CCN(S(=O)(=O)Cc2ccon2)CC1. The van der Waals surface area contributed by atoms with E-state index in [-0.39, 0.29) is 5.75 Å². The lowest BCUT2D eigenvalue weighted by molar-refractivity contribution is 0.259. The van der Waals surface area contributed by atoms with Crippen LogP contribution in [0, 0.1) is 5.92 Å². The van der Waals surface area contributed by atoms with Gasteiger partial charge < -0.3 is 14.7 Å². The summed E-state index contributed by atoms with van der Waals surface area (Å²) in [5, 5.41) is 7.03. The minimum absolute atomic E-state index is 0.112. The maximum Gasteiger partial charge on any atom is 0.220 e. The predicted molar refractivity (Wildman–Crippen MR) is 100 cm³/mol. The molecule has 1 saturated carbocycles. The van der Waals surface area contributed by atoms with Crippen molar-refractivity contribution in [2.75, 3.05) is 39.3 Å². The molecule has 146 valence electrons. The maximum atomic E-state index is 12.5. The van der Waals surface area contributed by atoms with Crippen LogP contribution in [0.3, 0.4) is 0 Å². The zero-order valence-corrected chi connectivity index (χ0v) is 16.2. The van der Waals surface area contributed by atoms with Crippen molar-refractivity contribution < 1.29 is 12.9 Å². The van der Waals surface area contributed by atoms with Crippen LogP contribution in [-0.4, -0.2) is 68.0 Å². The van der Waals surface area contributed by atoms with Crippen molar-refractivity contribution in [3.05, 3.63) is 18.0 Å². The first-order valence-corrected chi connectivity index (χ1v) is 11.1. The van der Waals surface area contributed by atoms with Gasteiger partial charge in [0.25, 0.3) is 0 Å². The van der Waals surface area contributed by atoms with Gasteiger partial charge in [0.2, 0.25) is 10.0 Å². The van der Waals surface area contributed by atoms with Gasteiger partial charge >= 0.3 is 0 Å². The second kappa shape index (κ2) is 8.85. The second-order valence-electron chi connectivity index (χ2n) is 6.95. The van der Waals surface area contributed by atoms with Crippen molar-refractivity contribution in [1.29, 1.82) is 0 Å². The molecule has 0 unspecified atom stereocenters. The Morgan fingerprint density at radius 2 is 2.12 bits per heavy atom. The third-order valence-corrected chi connectivity index (χ3v) is 6.63. The molecule has 1 saturated heterocycles. The number of nitrogens with one attached hydrogen (secondary N) is 1. The molecule has 3 rings (SSSR count). The number of hydrogen-bond acceptors (Lipinski definition) is 5. The maximum absolute atomic E-state index is 12.5. The highest BCUT2D eigenvalue weighted by Gasteiger charge is 2.29. The Hall–Kier alpha value is -1.61. The van der Waals surface area contributed by atoms with Crippen LogP contribution in [0.1, 0.15) is 38.3 Å². The molecule has 0 spiro atoms. The van der Waals surface area contributed by atoms with Gasteiger partial charge in [-0.1, -0.05) is 18.0 Å². The monoisotopic (exact) mass is 383 g/mol. The van der Waals surface area contributed by atoms with Crippen LogP contribution < -0.4 is 5.32 Å². The zero-order chi connectivity index (χ0) is 18.4. The fourth-order valence-electron chi connectivity index (χ4n) is 3.17. The largest absolute Gasteiger partial charge is 0.364 e. The Morgan fingerprint density at radius 1 is 1.35 bits per heavy atom. The summed E-state index contributed by atoms with van der Waals surface area (Å²) in [6.07, 6.45) is 6.57. The molecule has 0 aromatic carbocycles. The summed E-state index contributed by atoms with van der Waals surface area (Å²) in [5.41, 5.74) is 0.443. The van der Waals surface area contributed by atoms with Gasteiger partial charge in [-0.05, 0) is 25.7 Å². The van der Waals surface area contributed by atoms with Gasteiger partial charge in [-0.25, -0.2) is 8.42 Å². The summed E-state index contributed by atoms with van der Waals surface area (Å²) < 4.78 is 31.3. The van der Waals surface area contributed by atoms with Crippen molar-refractivity contribution in [3.8, 4) is 0 Å². The van der Waals surface area contributed by atoms with Crippen molar-refractivity contribution in [2.45, 2.75) is 38.4 Å². The Kier molecular flexibility index (Phi) is 6.53. The molecular weight excluding hydrogens is 354 g/mol. The lowest BCUT2D eigenvalue weighted by Gasteiger charge is -2.35. The fourth-order valence-corrected chi connectivity index (χ4v) is 4.59. The van der Waals surface area contributed by atoms with Gasteiger partial charge in [0.05, 0.1) is 5.69 Å². The molecule has 26 heavy (non-hydrogen) atoms. The van der Waals surface area contributed by atoms with Crippen LogP contribution in [0.2, 0.25) is 0 Å². The Morgan fingerprint density at radius 3 is 2.73 bits per heavy atom. The molecule has 0 radical (unpaired) electrons. The zero-order valence-electron chi connectivity index (χ0n) is 15.4. The summed E-state index contributed by atoms with van der Waals surface area (Å²) in [4.78, 5) is 6.88. The van der Waals surface area contributed by atoms with Crippen molar-refractivity contribution in [3.63, 3.8) is 0 Å². The van der Waals surface area contributed by atoms with Crippen LogP contribution in [0.4, 0.5) is 0 Å². The first-order valence-electron chi connectivity index (χ1n) is 9.49. The molecule has 1 aliphatic carbocycles. The van der Waals surface area contributed by atoms with Crippen LogP contribution in [0.5, 0.6) is 0 Å². The van der Waals surface area contributed by atoms with Crippen molar-refractivity contribution >= 4 is 16.0 Å². The van der Waals surface area contributed by atoms with Crippen molar-refractivity contribution in [2.24, 2.45) is 10.9 Å². The number of guanidine groups is 1. The molecule has 0 amide bonds.